The Morgan fingerprint density at radius 3 is 2.52 bits per heavy atom. The molecule has 3 heterocycles. The first-order valence-electron chi connectivity index (χ1n) is 17.6. The summed E-state index contributed by atoms with van der Waals surface area (Å²) in [5.74, 6) is -1.34. The zero-order chi connectivity index (χ0) is 37.0. The summed E-state index contributed by atoms with van der Waals surface area (Å²) in [5.41, 5.74) is 2.69. The summed E-state index contributed by atoms with van der Waals surface area (Å²) >= 11 is 0. The third kappa shape index (κ3) is 10.6. The molecular weight excluding hydrogens is 664 g/mol. The lowest BCUT2D eigenvalue weighted by Gasteiger charge is -2.26. The molecule has 14 heteroatoms. The molecule has 0 saturated heterocycles. The molecule has 0 unspecified atom stereocenters. The van der Waals surface area contributed by atoms with Crippen molar-refractivity contribution >= 4 is 23.6 Å². The average molecular weight is 711 g/mol. The zero-order valence-corrected chi connectivity index (χ0v) is 29.8. The van der Waals surface area contributed by atoms with Crippen LogP contribution in [-0.4, -0.2) is 86.8 Å². The van der Waals surface area contributed by atoms with Crippen molar-refractivity contribution in [3.63, 3.8) is 0 Å². The number of aromatic amines is 1. The first-order valence-corrected chi connectivity index (χ1v) is 17.6. The number of aromatic nitrogens is 4. The number of carbonyl (C=O) groups excluding carboxylic acids is 4. The Morgan fingerprint density at radius 2 is 1.75 bits per heavy atom. The third-order valence-electron chi connectivity index (χ3n) is 8.75. The van der Waals surface area contributed by atoms with E-state index in [0.717, 1.165) is 5.56 Å². The Bertz CT molecular complexity index is 1910. The molecule has 4 aromatic rings. The molecular formula is C38H46N8O6. The SMILES string of the molecule is CCc1cc(C(=O)N2CCNC(=O)[C@H](Cc3ccccc3)NC(=O)[C@@H](C(C)C)NC(=O)Cc3cccc(c3)OCCn3cc(nn3)CC2)cc(=O)[nH]1. The van der Waals surface area contributed by atoms with Crippen molar-refractivity contribution in [2.75, 3.05) is 26.2 Å². The zero-order valence-electron chi connectivity index (χ0n) is 29.8. The summed E-state index contributed by atoms with van der Waals surface area (Å²) in [6.07, 6.45) is 2.93. The first kappa shape index (κ1) is 37.5. The predicted molar refractivity (Wildman–Crippen MR) is 194 cm³/mol. The minimum Gasteiger partial charge on any atom is -0.492 e. The van der Waals surface area contributed by atoms with E-state index in [1.54, 1.807) is 40.0 Å². The molecule has 1 aliphatic rings. The molecule has 0 aliphatic carbocycles. The molecule has 2 atom stereocenters. The molecule has 0 fully saturated rings. The molecule has 14 nitrogen and oxygen atoms in total. The van der Waals surface area contributed by atoms with Gasteiger partial charge in [0.05, 0.1) is 18.7 Å². The minimum absolute atomic E-state index is 0.0282. The van der Waals surface area contributed by atoms with Crippen molar-refractivity contribution in [1.29, 1.82) is 0 Å². The molecule has 4 N–H and O–H groups in total. The lowest BCUT2D eigenvalue weighted by atomic mass is 10.0. The number of pyridine rings is 1. The van der Waals surface area contributed by atoms with Crippen molar-refractivity contribution in [2.45, 2.75) is 65.1 Å². The van der Waals surface area contributed by atoms with Crippen LogP contribution in [0.3, 0.4) is 0 Å². The van der Waals surface area contributed by atoms with E-state index >= 15 is 0 Å². The number of nitrogens with zero attached hydrogens (tertiary/aromatic N) is 4. The Balaban J connectivity index is 1.42. The number of hydrogen-bond acceptors (Lipinski definition) is 8. The minimum atomic E-state index is -0.970. The molecule has 0 spiro atoms. The van der Waals surface area contributed by atoms with E-state index in [2.05, 4.69) is 31.2 Å². The second-order valence-electron chi connectivity index (χ2n) is 13.1. The number of hydrogen-bond donors (Lipinski definition) is 4. The Hall–Kier alpha value is -5.79. The quantitative estimate of drug-likeness (QED) is 0.242. The van der Waals surface area contributed by atoms with E-state index in [9.17, 15) is 24.0 Å². The van der Waals surface area contributed by atoms with Crippen molar-refractivity contribution in [1.82, 2.24) is 40.8 Å². The van der Waals surface area contributed by atoms with Crippen molar-refractivity contribution < 1.29 is 23.9 Å². The Labute approximate surface area is 302 Å². The third-order valence-corrected chi connectivity index (χ3v) is 8.75. The van der Waals surface area contributed by atoms with Gasteiger partial charge >= 0.3 is 0 Å². The number of nitrogens with one attached hydrogen (secondary N) is 4. The lowest BCUT2D eigenvalue weighted by molar-refractivity contribution is -0.132. The molecule has 2 aromatic heterocycles. The van der Waals surface area contributed by atoms with Gasteiger partial charge in [-0.25, -0.2) is 4.68 Å². The van der Waals surface area contributed by atoms with E-state index in [4.69, 9.17) is 4.74 Å². The fourth-order valence-corrected chi connectivity index (χ4v) is 5.93. The maximum atomic E-state index is 13.8. The Kier molecular flexibility index (Phi) is 12.9. The number of ether oxygens (including phenoxy) is 1. The van der Waals surface area contributed by atoms with Crippen LogP contribution < -0.4 is 26.2 Å². The van der Waals surface area contributed by atoms with Gasteiger partial charge in [-0.1, -0.05) is 68.4 Å². The number of fused-ring (bicyclic) bond motifs is 4. The van der Waals surface area contributed by atoms with E-state index in [1.165, 1.54) is 6.07 Å². The van der Waals surface area contributed by atoms with Crippen molar-refractivity contribution in [3.05, 3.63) is 111 Å². The molecule has 1 aliphatic heterocycles. The summed E-state index contributed by atoms with van der Waals surface area (Å²) in [6, 6.07) is 17.6. The largest absolute Gasteiger partial charge is 0.492 e. The summed E-state index contributed by atoms with van der Waals surface area (Å²) in [6.45, 7) is 6.67. The van der Waals surface area contributed by atoms with Crippen LogP contribution in [0.15, 0.2) is 77.7 Å². The average Bonchev–Trinajstić information content (AvgIpc) is 3.58. The van der Waals surface area contributed by atoms with Crippen LogP contribution in [0, 0.1) is 5.92 Å². The van der Waals surface area contributed by atoms with Crippen LogP contribution in [0.4, 0.5) is 0 Å². The molecule has 0 saturated carbocycles. The molecule has 4 bridgehead atoms. The molecule has 5 rings (SSSR count). The Morgan fingerprint density at radius 1 is 0.942 bits per heavy atom. The number of H-pyrrole nitrogens is 1. The highest BCUT2D eigenvalue weighted by molar-refractivity contribution is 5.94. The fourth-order valence-electron chi connectivity index (χ4n) is 5.93. The van der Waals surface area contributed by atoms with Crippen LogP contribution >= 0.6 is 0 Å². The van der Waals surface area contributed by atoms with E-state index < -0.39 is 23.9 Å². The highest BCUT2D eigenvalue weighted by atomic mass is 16.5. The second-order valence-corrected chi connectivity index (χ2v) is 13.1. The molecule has 2 aromatic carbocycles. The number of benzene rings is 2. The lowest BCUT2D eigenvalue weighted by Crippen LogP contribution is -2.56. The second kappa shape index (κ2) is 17.9. The number of amides is 4. The van der Waals surface area contributed by atoms with Gasteiger partial charge in [0, 0.05) is 56.0 Å². The normalized spacial score (nSPS) is 18.2. The van der Waals surface area contributed by atoms with Crippen LogP contribution in [0.5, 0.6) is 5.75 Å². The summed E-state index contributed by atoms with van der Waals surface area (Å²) in [5, 5.41) is 17.1. The van der Waals surface area contributed by atoms with Gasteiger partial charge in [0.1, 0.15) is 24.4 Å². The topological polar surface area (TPSA) is 180 Å². The van der Waals surface area contributed by atoms with Gasteiger partial charge in [-0.3, -0.25) is 24.0 Å². The summed E-state index contributed by atoms with van der Waals surface area (Å²) in [4.78, 5) is 71.1. The van der Waals surface area contributed by atoms with Crippen LogP contribution in [0.2, 0.25) is 0 Å². The van der Waals surface area contributed by atoms with Crippen molar-refractivity contribution in [3.8, 4) is 5.75 Å². The standard InChI is InChI=1S/C38H46N8O6/c1-4-29-22-28(23-34(48)40-29)38(51)45-15-13-30-24-46(44-43-30)17-18-52-31-12-8-11-27(19-31)21-33(47)42-35(25(2)3)37(50)41-32(36(49)39-14-16-45)20-26-9-6-5-7-10-26/h5-12,19,22-25,32,35H,4,13-18,20-21H2,1-3H3,(H,39,49)(H,40,48)(H,41,50)(H,42,47)/t32-,35+/m0/s1. The van der Waals surface area contributed by atoms with Gasteiger partial charge in [-0.15, -0.1) is 5.10 Å². The summed E-state index contributed by atoms with van der Waals surface area (Å²) in [7, 11) is 0. The molecule has 274 valence electrons. The highest BCUT2D eigenvalue weighted by Crippen LogP contribution is 2.15. The van der Waals surface area contributed by atoms with Gasteiger partial charge < -0.3 is 30.6 Å². The van der Waals surface area contributed by atoms with E-state index in [-0.39, 0.29) is 61.3 Å². The van der Waals surface area contributed by atoms with Gasteiger partial charge in [0.2, 0.25) is 23.3 Å². The van der Waals surface area contributed by atoms with Gasteiger partial charge in [0.15, 0.2) is 0 Å². The van der Waals surface area contributed by atoms with Gasteiger partial charge in [0.25, 0.3) is 5.91 Å². The number of carbonyl (C=O) groups is 4. The first-order chi connectivity index (χ1) is 25.1. The van der Waals surface area contributed by atoms with Crippen LogP contribution in [0.1, 0.15) is 53.6 Å². The van der Waals surface area contributed by atoms with Crippen LogP contribution in [0.25, 0.3) is 0 Å². The fraction of sp³-hybridized carbons (Fsp3) is 0.395. The maximum absolute atomic E-state index is 13.8. The van der Waals surface area contributed by atoms with E-state index in [0.29, 0.717) is 48.7 Å². The number of aryl methyl sites for hydroxylation is 1. The predicted octanol–water partition coefficient (Wildman–Crippen LogP) is 1.83. The molecule has 0 radical (unpaired) electrons. The van der Waals surface area contributed by atoms with Crippen LogP contribution in [-0.2, 0) is 46.6 Å². The highest BCUT2D eigenvalue weighted by Gasteiger charge is 2.29. The van der Waals surface area contributed by atoms with Crippen molar-refractivity contribution in [2.24, 2.45) is 5.92 Å². The monoisotopic (exact) mass is 710 g/mol. The number of rotatable bonds is 5. The van der Waals surface area contributed by atoms with Gasteiger partial charge in [-0.2, -0.15) is 0 Å². The maximum Gasteiger partial charge on any atom is 0.254 e. The summed E-state index contributed by atoms with van der Waals surface area (Å²) < 4.78 is 7.60. The molecule has 4 amide bonds. The molecule has 52 heavy (non-hydrogen) atoms. The smallest absolute Gasteiger partial charge is 0.254 e. The van der Waals surface area contributed by atoms with Gasteiger partial charge in [-0.05, 0) is 41.7 Å². The van der Waals surface area contributed by atoms with E-state index in [1.807, 2.05) is 57.2 Å².